The van der Waals surface area contributed by atoms with Crippen molar-refractivity contribution in [1.29, 1.82) is 0 Å². The molecule has 1 aliphatic carbocycles. The van der Waals surface area contributed by atoms with Gasteiger partial charge in [0.2, 0.25) is 0 Å². The fourth-order valence-electron chi connectivity index (χ4n) is 3.44. The summed E-state index contributed by atoms with van der Waals surface area (Å²) in [6, 6.07) is 9.87. The van der Waals surface area contributed by atoms with Crippen molar-refractivity contribution >= 4 is 23.2 Å². The van der Waals surface area contributed by atoms with E-state index < -0.39 is 0 Å². The summed E-state index contributed by atoms with van der Waals surface area (Å²) in [6.07, 6.45) is 3.07. The van der Waals surface area contributed by atoms with Crippen LogP contribution in [0.15, 0.2) is 30.3 Å². The first kappa shape index (κ1) is 13.8. The molecule has 4 heteroatoms. The molecule has 2 aromatic carbocycles. The van der Waals surface area contributed by atoms with E-state index in [0.717, 1.165) is 49.2 Å². The molecule has 0 aromatic heterocycles. The van der Waals surface area contributed by atoms with Crippen molar-refractivity contribution in [1.82, 2.24) is 5.32 Å². The lowest BCUT2D eigenvalue weighted by molar-refractivity contribution is 0.102. The van der Waals surface area contributed by atoms with Crippen LogP contribution < -0.4 is 10.6 Å². The molecule has 0 bridgehead atoms. The Labute approximate surface area is 134 Å². The molecule has 0 radical (unpaired) electrons. The van der Waals surface area contributed by atoms with Gasteiger partial charge in [0.15, 0.2) is 0 Å². The molecule has 2 aromatic rings. The van der Waals surface area contributed by atoms with E-state index in [2.05, 4.69) is 22.8 Å². The third-order valence-electron chi connectivity index (χ3n) is 4.52. The first-order chi connectivity index (χ1) is 10.7. The van der Waals surface area contributed by atoms with Crippen LogP contribution >= 0.6 is 11.6 Å². The number of aryl methyl sites for hydroxylation is 1. The van der Waals surface area contributed by atoms with Gasteiger partial charge in [-0.05, 0) is 65.8 Å². The van der Waals surface area contributed by atoms with Gasteiger partial charge in [-0.2, -0.15) is 0 Å². The lowest BCUT2D eigenvalue weighted by atomic mass is 10.0. The summed E-state index contributed by atoms with van der Waals surface area (Å²) in [5.41, 5.74) is 6.51. The molecular formula is C18H17ClN2O. The Morgan fingerprint density at radius 2 is 1.91 bits per heavy atom. The van der Waals surface area contributed by atoms with Gasteiger partial charge < -0.3 is 10.6 Å². The smallest absolute Gasteiger partial charge is 0.256 e. The predicted molar refractivity (Wildman–Crippen MR) is 88.4 cm³/mol. The van der Waals surface area contributed by atoms with E-state index in [1.165, 1.54) is 16.7 Å². The van der Waals surface area contributed by atoms with Crippen molar-refractivity contribution in [3.63, 3.8) is 0 Å². The fraction of sp³-hybridized carbons (Fsp3) is 0.278. The van der Waals surface area contributed by atoms with Gasteiger partial charge in [-0.25, -0.2) is 0 Å². The number of amides is 1. The first-order valence-electron chi connectivity index (χ1n) is 7.66. The molecule has 22 heavy (non-hydrogen) atoms. The second-order valence-electron chi connectivity index (χ2n) is 5.99. The first-order valence-corrected chi connectivity index (χ1v) is 8.04. The molecule has 3 nitrogen and oxygen atoms in total. The Morgan fingerprint density at radius 1 is 1.05 bits per heavy atom. The van der Waals surface area contributed by atoms with Gasteiger partial charge in [0.05, 0.1) is 0 Å². The standard InChI is InChI=1S/C18H17ClN2O/c19-14-6-11-2-1-3-16(11)17(8-14)18(22)21-15-5-4-12-9-20-10-13(12)7-15/h4-8,20H,1-3,9-10H2,(H,21,22). The highest BCUT2D eigenvalue weighted by atomic mass is 35.5. The van der Waals surface area contributed by atoms with Crippen LogP contribution in [0.3, 0.4) is 0 Å². The van der Waals surface area contributed by atoms with Crippen LogP contribution in [-0.4, -0.2) is 5.91 Å². The molecule has 1 amide bonds. The van der Waals surface area contributed by atoms with Gasteiger partial charge in [0.1, 0.15) is 0 Å². The van der Waals surface area contributed by atoms with Crippen LogP contribution in [0.2, 0.25) is 5.02 Å². The van der Waals surface area contributed by atoms with Crippen LogP contribution in [0.5, 0.6) is 0 Å². The summed E-state index contributed by atoms with van der Waals surface area (Å²) in [6.45, 7) is 1.77. The van der Waals surface area contributed by atoms with Crippen LogP contribution in [0.25, 0.3) is 0 Å². The number of nitrogens with one attached hydrogen (secondary N) is 2. The fourth-order valence-corrected chi connectivity index (χ4v) is 3.68. The minimum Gasteiger partial charge on any atom is -0.322 e. The van der Waals surface area contributed by atoms with Gasteiger partial charge in [0, 0.05) is 29.4 Å². The summed E-state index contributed by atoms with van der Waals surface area (Å²) in [5, 5.41) is 6.97. The number of hydrogen-bond acceptors (Lipinski definition) is 2. The van der Waals surface area contributed by atoms with E-state index in [0.29, 0.717) is 5.02 Å². The second-order valence-corrected chi connectivity index (χ2v) is 6.42. The van der Waals surface area contributed by atoms with E-state index in [1.54, 1.807) is 6.07 Å². The van der Waals surface area contributed by atoms with Gasteiger partial charge >= 0.3 is 0 Å². The summed E-state index contributed by atoms with van der Waals surface area (Å²) in [5.74, 6) is -0.0634. The Bertz CT molecular complexity index is 770. The third-order valence-corrected chi connectivity index (χ3v) is 4.74. The molecule has 0 saturated heterocycles. The number of carbonyl (C=O) groups excluding carboxylic acids is 1. The molecule has 0 fully saturated rings. The zero-order valence-electron chi connectivity index (χ0n) is 12.2. The van der Waals surface area contributed by atoms with Crippen LogP contribution in [-0.2, 0) is 25.9 Å². The molecule has 2 aliphatic rings. The minimum atomic E-state index is -0.0634. The van der Waals surface area contributed by atoms with Gasteiger partial charge in [-0.15, -0.1) is 0 Å². The van der Waals surface area contributed by atoms with Crippen molar-refractivity contribution < 1.29 is 4.79 Å². The maximum atomic E-state index is 12.6. The molecule has 0 atom stereocenters. The lowest BCUT2D eigenvalue weighted by Gasteiger charge is -2.11. The van der Waals surface area contributed by atoms with E-state index in [1.807, 2.05) is 12.1 Å². The third kappa shape index (κ3) is 2.40. The number of halogens is 1. The molecule has 4 rings (SSSR count). The van der Waals surface area contributed by atoms with Crippen LogP contribution in [0, 0.1) is 0 Å². The Morgan fingerprint density at radius 3 is 2.82 bits per heavy atom. The lowest BCUT2D eigenvalue weighted by Crippen LogP contribution is -2.14. The summed E-state index contributed by atoms with van der Waals surface area (Å²) >= 11 is 6.16. The molecule has 112 valence electrons. The summed E-state index contributed by atoms with van der Waals surface area (Å²) in [4.78, 5) is 12.6. The highest BCUT2D eigenvalue weighted by molar-refractivity contribution is 6.31. The Kier molecular flexibility index (Phi) is 3.40. The number of fused-ring (bicyclic) bond motifs is 2. The van der Waals surface area contributed by atoms with Crippen molar-refractivity contribution in [2.24, 2.45) is 0 Å². The molecule has 2 N–H and O–H groups in total. The van der Waals surface area contributed by atoms with E-state index in [-0.39, 0.29) is 5.91 Å². The van der Waals surface area contributed by atoms with E-state index in [4.69, 9.17) is 11.6 Å². The zero-order valence-corrected chi connectivity index (χ0v) is 13.0. The van der Waals surface area contributed by atoms with Gasteiger partial charge in [-0.3, -0.25) is 4.79 Å². The number of benzene rings is 2. The number of hydrogen-bond donors (Lipinski definition) is 2. The molecule has 1 heterocycles. The molecular weight excluding hydrogens is 296 g/mol. The summed E-state index contributed by atoms with van der Waals surface area (Å²) < 4.78 is 0. The predicted octanol–water partition coefficient (Wildman–Crippen LogP) is 3.68. The number of rotatable bonds is 2. The second kappa shape index (κ2) is 5.41. The Hall–Kier alpha value is -1.84. The highest BCUT2D eigenvalue weighted by Gasteiger charge is 2.20. The average Bonchev–Trinajstić information content (AvgIpc) is 3.13. The molecule has 0 spiro atoms. The van der Waals surface area contributed by atoms with Crippen molar-refractivity contribution in [3.05, 3.63) is 63.2 Å². The maximum absolute atomic E-state index is 12.6. The minimum absolute atomic E-state index is 0.0634. The molecule has 0 saturated carbocycles. The maximum Gasteiger partial charge on any atom is 0.256 e. The average molecular weight is 313 g/mol. The quantitative estimate of drug-likeness (QED) is 0.888. The van der Waals surface area contributed by atoms with Crippen LogP contribution in [0.1, 0.15) is 39.0 Å². The normalized spacial score (nSPS) is 15.5. The van der Waals surface area contributed by atoms with E-state index in [9.17, 15) is 4.79 Å². The highest BCUT2D eigenvalue weighted by Crippen LogP contribution is 2.30. The van der Waals surface area contributed by atoms with E-state index >= 15 is 0 Å². The van der Waals surface area contributed by atoms with Crippen LogP contribution in [0.4, 0.5) is 5.69 Å². The topological polar surface area (TPSA) is 41.1 Å². The van der Waals surface area contributed by atoms with Crippen molar-refractivity contribution in [2.45, 2.75) is 32.4 Å². The SMILES string of the molecule is O=C(Nc1ccc2c(c1)CNC2)c1cc(Cl)cc2c1CCC2. The van der Waals surface area contributed by atoms with Crippen molar-refractivity contribution in [2.75, 3.05) is 5.32 Å². The zero-order chi connectivity index (χ0) is 15.1. The van der Waals surface area contributed by atoms with Gasteiger partial charge in [-0.1, -0.05) is 17.7 Å². The molecule has 1 aliphatic heterocycles. The number of carbonyl (C=O) groups is 1. The largest absolute Gasteiger partial charge is 0.322 e. The van der Waals surface area contributed by atoms with Gasteiger partial charge in [0.25, 0.3) is 5.91 Å². The number of anilines is 1. The molecule has 0 unspecified atom stereocenters. The Balaban J connectivity index is 1.63. The monoisotopic (exact) mass is 312 g/mol. The summed E-state index contributed by atoms with van der Waals surface area (Å²) in [7, 11) is 0. The van der Waals surface area contributed by atoms with Crippen molar-refractivity contribution in [3.8, 4) is 0 Å².